The third kappa shape index (κ3) is 3.26. The molecule has 3 rings (SSSR count). The second-order valence-corrected chi connectivity index (χ2v) is 6.41. The van der Waals surface area contributed by atoms with Crippen molar-refractivity contribution in [2.75, 3.05) is 6.61 Å². The van der Waals surface area contributed by atoms with Crippen molar-refractivity contribution in [3.05, 3.63) is 28.8 Å². The molecule has 3 nitrogen and oxygen atoms in total. The fourth-order valence-corrected chi connectivity index (χ4v) is 2.59. The fraction of sp³-hybridized carbons (Fsp3) is 0.562. The van der Waals surface area contributed by atoms with E-state index in [0.717, 1.165) is 30.7 Å². The van der Waals surface area contributed by atoms with Crippen molar-refractivity contribution >= 4 is 11.6 Å². The Morgan fingerprint density at radius 2 is 2.20 bits per heavy atom. The van der Waals surface area contributed by atoms with Crippen LogP contribution in [0.5, 0.6) is 5.75 Å². The Labute approximate surface area is 124 Å². The van der Waals surface area contributed by atoms with E-state index in [1.807, 2.05) is 12.1 Å². The van der Waals surface area contributed by atoms with Gasteiger partial charge in [-0.3, -0.25) is 0 Å². The van der Waals surface area contributed by atoms with Crippen LogP contribution in [0.1, 0.15) is 37.7 Å². The SMILES string of the molecule is N#CCC1(COc2c(Cl)cccc2CNC2CC2)CC1. The molecule has 0 amide bonds. The van der Waals surface area contributed by atoms with Crippen LogP contribution in [0.15, 0.2) is 18.2 Å². The van der Waals surface area contributed by atoms with Gasteiger partial charge in [-0.15, -0.1) is 0 Å². The molecule has 0 aliphatic heterocycles. The average molecular weight is 291 g/mol. The summed E-state index contributed by atoms with van der Waals surface area (Å²) in [5, 5.41) is 13.0. The Morgan fingerprint density at radius 3 is 2.85 bits per heavy atom. The van der Waals surface area contributed by atoms with Gasteiger partial charge in [-0.1, -0.05) is 23.7 Å². The molecule has 4 heteroatoms. The van der Waals surface area contributed by atoms with Gasteiger partial charge in [-0.05, 0) is 31.7 Å². The minimum Gasteiger partial charge on any atom is -0.491 e. The lowest BCUT2D eigenvalue weighted by molar-refractivity contribution is 0.234. The zero-order valence-electron chi connectivity index (χ0n) is 11.5. The summed E-state index contributed by atoms with van der Waals surface area (Å²) in [5.41, 5.74) is 1.19. The van der Waals surface area contributed by atoms with Gasteiger partial charge in [0.15, 0.2) is 0 Å². The van der Waals surface area contributed by atoms with E-state index in [2.05, 4.69) is 17.5 Å². The normalized spacial score (nSPS) is 19.4. The number of benzene rings is 1. The van der Waals surface area contributed by atoms with Crippen molar-refractivity contribution < 1.29 is 4.74 Å². The van der Waals surface area contributed by atoms with Crippen LogP contribution in [0.2, 0.25) is 5.02 Å². The number of hydrogen-bond acceptors (Lipinski definition) is 3. The summed E-state index contributed by atoms with van der Waals surface area (Å²) in [6.45, 7) is 1.40. The summed E-state index contributed by atoms with van der Waals surface area (Å²) in [4.78, 5) is 0. The van der Waals surface area contributed by atoms with Crippen LogP contribution in [0.25, 0.3) is 0 Å². The standard InChI is InChI=1S/C16H19ClN2O/c17-14-3-1-2-12(10-19-13-4-5-13)15(14)20-11-16(6-7-16)8-9-18/h1-3,13,19H,4-8,10-11H2. The maximum atomic E-state index is 8.86. The van der Waals surface area contributed by atoms with Gasteiger partial charge in [0.05, 0.1) is 17.7 Å². The lowest BCUT2D eigenvalue weighted by Gasteiger charge is -2.17. The first kappa shape index (κ1) is 13.7. The summed E-state index contributed by atoms with van der Waals surface area (Å²) >= 11 is 6.27. The maximum Gasteiger partial charge on any atom is 0.142 e. The Balaban J connectivity index is 1.65. The highest BCUT2D eigenvalue weighted by atomic mass is 35.5. The fourth-order valence-electron chi connectivity index (χ4n) is 2.34. The largest absolute Gasteiger partial charge is 0.491 e. The van der Waals surface area contributed by atoms with Crippen molar-refractivity contribution in [1.82, 2.24) is 5.32 Å². The molecule has 2 aliphatic carbocycles. The molecule has 0 atom stereocenters. The predicted molar refractivity (Wildman–Crippen MR) is 78.7 cm³/mol. The number of nitrogens with zero attached hydrogens (tertiary/aromatic N) is 1. The van der Waals surface area contributed by atoms with Crippen LogP contribution >= 0.6 is 11.6 Å². The molecule has 106 valence electrons. The van der Waals surface area contributed by atoms with Crippen molar-refractivity contribution in [3.8, 4) is 11.8 Å². The van der Waals surface area contributed by atoms with Crippen molar-refractivity contribution in [2.24, 2.45) is 5.41 Å². The highest BCUT2D eigenvalue weighted by Crippen LogP contribution is 2.49. The molecule has 0 unspecified atom stereocenters. The Morgan fingerprint density at radius 1 is 1.40 bits per heavy atom. The Kier molecular flexibility index (Phi) is 3.87. The third-order valence-electron chi connectivity index (χ3n) is 4.14. The molecule has 0 radical (unpaired) electrons. The van der Waals surface area contributed by atoms with Crippen LogP contribution in [0.4, 0.5) is 0 Å². The first-order valence-corrected chi connectivity index (χ1v) is 7.61. The molecule has 1 aromatic carbocycles. The van der Waals surface area contributed by atoms with E-state index in [4.69, 9.17) is 21.6 Å². The third-order valence-corrected chi connectivity index (χ3v) is 4.44. The molecule has 0 heterocycles. The molecular formula is C16H19ClN2O. The van der Waals surface area contributed by atoms with Gasteiger partial charge in [-0.2, -0.15) is 5.26 Å². The number of hydrogen-bond donors (Lipinski definition) is 1. The van der Waals surface area contributed by atoms with Gasteiger partial charge in [0.1, 0.15) is 5.75 Å². The van der Waals surface area contributed by atoms with Gasteiger partial charge in [0, 0.05) is 30.0 Å². The van der Waals surface area contributed by atoms with Crippen LogP contribution in [-0.2, 0) is 6.54 Å². The number of halogens is 1. The number of nitriles is 1. The lowest BCUT2D eigenvalue weighted by Crippen LogP contribution is -2.18. The molecule has 0 saturated heterocycles. The van der Waals surface area contributed by atoms with Crippen molar-refractivity contribution in [2.45, 2.75) is 44.7 Å². The second kappa shape index (κ2) is 5.63. The highest BCUT2D eigenvalue weighted by molar-refractivity contribution is 6.32. The highest BCUT2D eigenvalue weighted by Gasteiger charge is 2.43. The zero-order valence-corrected chi connectivity index (χ0v) is 12.2. The Bertz CT molecular complexity index is 530. The molecule has 2 saturated carbocycles. The summed E-state index contributed by atoms with van der Waals surface area (Å²) in [6.07, 6.45) is 5.28. The van der Waals surface area contributed by atoms with E-state index in [0.29, 0.717) is 24.1 Å². The molecule has 1 N–H and O–H groups in total. The minimum absolute atomic E-state index is 0.0785. The average Bonchev–Trinajstić information content (AvgIpc) is 3.32. The van der Waals surface area contributed by atoms with Crippen LogP contribution in [0, 0.1) is 16.7 Å². The molecular weight excluding hydrogens is 272 g/mol. The van der Waals surface area contributed by atoms with E-state index >= 15 is 0 Å². The first-order valence-electron chi connectivity index (χ1n) is 7.23. The van der Waals surface area contributed by atoms with Crippen molar-refractivity contribution in [3.63, 3.8) is 0 Å². The topological polar surface area (TPSA) is 45.0 Å². The van der Waals surface area contributed by atoms with Gasteiger partial charge in [0.2, 0.25) is 0 Å². The summed E-state index contributed by atoms with van der Waals surface area (Å²) in [5.74, 6) is 0.784. The number of ether oxygens (including phenoxy) is 1. The zero-order chi connectivity index (χ0) is 14.0. The monoisotopic (exact) mass is 290 g/mol. The van der Waals surface area contributed by atoms with Gasteiger partial charge >= 0.3 is 0 Å². The molecule has 2 aliphatic rings. The van der Waals surface area contributed by atoms with Crippen LogP contribution < -0.4 is 10.1 Å². The first-order chi connectivity index (χ1) is 9.72. The van der Waals surface area contributed by atoms with Gasteiger partial charge < -0.3 is 10.1 Å². The molecule has 20 heavy (non-hydrogen) atoms. The van der Waals surface area contributed by atoms with E-state index in [-0.39, 0.29) is 5.41 Å². The van der Waals surface area contributed by atoms with E-state index < -0.39 is 0 Å². The van der Waals surface area contributed by atoms with Gasteiger partial charge in [-0.25, -0.2) is 0 Å². The summed E-state index contributed by atoms with van der Waals surface area (Å²) in [6, 6.07) is 8.80. The summed E-state index contributed by atoms with van der Waals surface area (Å²) < 4.78 is 5.98. The van der Waals surface area contributed by atoms with E-state index in [9.17, 15) is 0 Å². The van der Waals surface area contributed by atoms with Gasteiger partial charge in [0.25, 0.3) is 0 Å². The summed E-state index contributed by atoms with van der Waals surface area (Å²) in [7, 11) is 0. The maximum absolute atomic E-state index is 8.86. The molecule has 0 bridgehead atoms. The molecule has 1 aromatic rings. The number of para-hydroxylation sites is 1. The minimum atomic E-state index is 0.0785. The van der Waals surface area contributed by atoms with Crippen LogP contribution in [-0.4, -0.2) is 12.6 Å². The number of rotatable bonds is 7. The number of nitrogens with one attached hydrogen (secondary N) is 1. The molecule has 2 fully saturated rings. The smallest absolute Gasteiger partial charge is 0.142 e. The molecule has 0 spiro atoms. The Hall–Kier alpha value is -1.24. The predicted octanol–water partition coefficient (Wildman–Crippen LogP) is 3.66. The quantitative estimate of drug-likeness (QED) is 0.833. The molecule has 0 aromatic heterocycles. The van der Waals surface area contributed by atoms with Crippen LogP contribution in [0.3, 0.4) is 0 Å². The lowest BCUT2D eigenvalue weighted by atomic mass is 10.1. The van der Waals surface area contributed by atoms with E-state index in [1.54, 1.807) is 0 Å². The second-order valence-electron chi connectivity index (χ2n) is 6.01. The van der Waals surface area contributed by atoms with E-state index in [1.165, 1.54) is 12.8 Å². The van der Waals surface area contributed by atoms with Crippen molar-refractivity contribution in [1.29, 1.82) is 5.26 Å².